The molecule has 126 valence electrons. The Morgan fingerprint density at radius 2 is 2.39 bits per heavy atom. The molecule has 11 nitrogen and oxygen atoms in total. The van der Waals surface area contributed by atoms with Crippen molar-refractivity contribution in [1.29, 1.82) is 0 Å². The Bertz CT molecular complexity index is 833. The van der Waals surface area contributed by atoms with Crippen LogP contribution in [0.15, 0.2) is 11.1 Å². The lowest BCUT2D eigenvalue weighted by molar-refractivity contribution is -0.0388. The molecule has 0 saturated carbocycles. The van der Waals surface area contributed by atoms with Crippen LogP contribution in [0.2, 0.25) is 0 Å². The molecule has 1 saturated heterocycles. The summed E-state index contributed by atoms with van der Waals surface area (Å²) in [6.45, 7) is -0.169. The number of imidazole rings is 1. The molecule has 0 aliphatic carbocycles. The Labute approximate surface area is 130 Å². The summed E-state index contributed by atoms with van der Waals surface area (Å²) in [7, 11) is -4.27. The second kappa shape index (κ2) is 5.73. The molecule has 23 heavy (non-hydrogen) atoms. The highest BCUT2D eigenvalue weighted by Gasteiger charge is 2.36. The minimum Gasteiger partial charge on any atom is -0.390 e. The van der Waals surface area contributed by atoms with Gasteiger partial charge in [-0.05, 0) is 0 Å². The van der Waals surface area contributed by atoms with Gasteiger partial charge in [-0.25, -0.2) is 4.98 Å². The zero-order valence-electron chi connectivity index (χ0n) is 11.1. The minimum atomic E-state index is -3.41. The maximum atomic E-state index is 11.8. The zero-order valence-corrected chi connectivity index (χ0v) is 12.0. The molecule has 2 aromatic heterocycles. The number of anilines is 1. The van der Waals surface area contributed by atoms with Crippen LogP contribution in [0.25, 0.3) is 11.2 Å². The number of nitrogen functional groups attached to an aromatic ring is 1. The van der Waals surface area contributed by atoms with Crippen LogP contribution < -0.4 is 11.3 Å². The number of hydrogen-bond donors (Lipinski definition) is 4. The minimum absolute atomic E-state index is 0.0520. The number of hydrogen-bond acceptors (Lipinski definition) is 8. The molecule has 3 heterocycles. The van der Waals surface area contributed by atoms with Crippen LogP contribution in [0.3, 0.4) is 0 Å². The second-order valence-corrected chi connectivity index (χ2v) is 5.47. The average Bonchev–Trinajstić information content (AvgIpc) is 2.99. The number of rotatable bonds is 4. The van der Waals surface area contributed by atoms with Gasteiger partial charge in [0.05, 0.1) is 26.6 Å². The first-order chi connectivity index (χ1) is 10.7. The van der Waals surface area contributed by atoms with E-state index < -0.39 is 39.0 Å². The van der Waals surface area contributed by atoms with E-state index in [1.54, 1.807) is 0 Å². The van der Waals surface area contributed by atoms with Gasteiger partial charge in [-0.15, -0.1) is 0 Å². The fraction of sp³-hybridized carbons (Fsp3) is 0.500. The summed E-state index contributed by atoms with van der Waals surface area (Å²) in [6, 6.07) is 0. The molecule has 0 aromatic carbocycles. The topological polar surface area (TPSA) is 166 Å². The number of ether oxygens (including phenoxy) is 1. The maximum Gasteiger partial charge on any atom is 0.280 e. The van der Waals surface area contributed by atoms with Crippen molar-refractivity contribution in [2.75, 3.05) is 12.3 Å². The van der Waals surface area contributed by atoms with Gasteiger partial charge in [0, 0.05) is 6.42 Å². The Hall–Kier alpha value is -1.72. The summed E-state index contributed by atoms with van der Waals surface area (Å²) in [5, 5.41) is 10.0. The smallest absolute Gasteiger partial charge is 0.280 e. The third-order valence-corrected chi connectivity index (χ3v) is 3.68. The van der Waals surface area contributed by atoms with E-state index in [4.69, 9.17) is 15.0 Å². The van der Waals surface area contributed by atoms with Gasteiger partial charge in [-0.1, -0.05) is 0 Å². The van der Waals surface area contributed by atoms with Crippen molar-refractivity contribution < 1.29 is 23.8 Å². The largest absolute Gasteiger partial charge is 0.390 e. The summed E-state index contributed by atoms with van der Waals surface area (Å²) in [5.74, 6) is -0.0520. The number of nitrogens with zero attached hydrogens (tertiary/aromatic N) is 3. The molecule has 0 spiro atoms. The molecule has 0 radical (unpaired) electrons. The zero-order chi connectivity index (χ0) is 16.8. The fourth-order valence-corrected chi connectivity index (χ4v) is 2.60. The summed E-state index contributed by atoms with van der Waals surface area (Å²) < 4.78 is 23.3. The van der Waals surface area contributed by atoms with Gasteiger partial charge < -0.3 is 29.6 Å². The van der Waals surface area contributed by atoms with Gasteiger partial charge in [0.25, 0.3) is 5.56 Å². The first-order valence-corrected chi connectivity index (χ1v) is 7.43. The van der Waals surface area contributed by atoms with Crippen LogP contribution in [0, 0.1) is 0 Å². The fourth-order valence-electron chi connectivity index (χ4n) is 2.33. The van der Waals surface area contributed by atoms with Crippen molar-refractivity contribution in [2.24, 2.45) is 0 Å². The molecule has 1 fully saturated rings. The highest BCUT2D eigenvalue weighted by Crippen LogP contribution is 2.38. The summed E-state index contributed by atoms with van der Waals surface area (Å²) in [6.07, 6.45) is -0.653. The summed E-state index contributed by atoms with van der Waals surface area (Å²) >= 11 is 0. The van der Waals surface area contributed by atoms with E-state index in [-0.39, 0.29) is 30.1 Å². The highest BCUT2D eigenvalue weighted by atomic mass is 31.2. The van der Waals surface area contributed by atoms with Gasteiger partial charge in [-0.3, -0.25) is 14.3 Å². The lowest BCUT2D eigenvalue weighted by Gasteiger charge is -2.18. The van der Waals surface area contributed by atoms with Crippen LogP contribution in [-0.2, 0) is 13.8 Å². The quantitative estimate of drug-likeness (QED) is 0.357. The van der Waals surface area contributed by atoms with E-state index in [1.165, 1.54) is 10.9 Å². The van der Waals surface area contributed by atoms with Crippen LogP contribution >= 0.6 is 7.47 Å². The van der Waals surface area contributed by atoms with Crippen LogP contribution in [0.5, 0.6) is 0 Å². The second-order valence-electron chi connectivity index (χ2n) is 4.74. The third-order valence-electron chi connectivity index (χ3n) is 3.31. The van der Waals surface area contributed by atoms with Crippen LogP contribution in [0.4, 0.5) is 5.95 Å². The molecule has 0 amide bonds. The monoisotopic (exact) mass is 344 g/mol. The number of H-pyrrole nitrogens is 1. The molecule has 0 bridgehead atoms. The van der Waals surface area contributed by atoms with Crippen molar-refractivity contribution >= 4 is 32.2 Å². The number of nitrogens with two attached hydrogens (primary N) is 1. The molecule has 5 N–H and O–H groups in total. The molecule has 1 aliphatic heterocycles. The average molecular weight is 344 g/mol. The van der Waals surface area contributed by atoms with Crippen molar-refractivity contribution in [3.63, 3.8) is 0 Å². The molecule has 13 heteroatoms. The van der Waals surface area contributed by atoms with E-state index >= 15 is 0 Å². The highest BCUT2D eigenvalue weighted by molar-refractivity contribution is 7.78. The van der Waals surface area contributed by atoms with Gasteiger partial charge in [-0.2, -0.15) is 4.98 Å². The van der Waals surface area contributed by atoms with E-state index in [1.807, 2.05) is 0 Å². The normalized spacial score (nSPS) is 27.3. The number of aliphatic hydroxyl groups is 1. The number of fused-ring (bicyclic) bond motifs is 1. The molecular formula is C10H16BN5O6P-. The third kappa shape index (κ3) is 3.31. The van der Waals surface area contributed by atoms with Crippen molar-refractivity contribution in [2.45, 2.75) is 24.9 Å². The van der Waals surface area contributed by atoms with Crippen LogP contribution in [-0.4, -0.2) is 55.9 Å². The molecular weight excluding hydrogens is 328 g/mol. The Balaban J connectivity index is 1.84. The van der Waals surface area contributed by atoms with E-state index in [0.717, 1.165) is 0 Å². The number of aliphatic hydroxyl groups excluding tert-OH is 1. The lowest BCUT2D eigenvalue weighted by Crippen LogP contribution is -2.26. The van der Waals surface area contributed by atoms with Gasteiger partial charge in [0.2, 0.25) is 5.95 Å². The van der Waals surface area contributed by atoms with Gasteiger partial charge >= 0.3 is 0 Å². The van der Waals surface area contributed by atoms with Crippen molar-refractivity contribution in [1.82, 2.24) is 19.5 Å². The first-order valence-electron chi connectivity index (χ1n) is 6.30. The van der Waals surface area contributed by atoms with E-state index in [0.29, 0.717) is 0 Å². The first kappa shape index (κ1) is 16.2. The van der Waals surface area contributed by atoms with Crippen LogP contribution in [0.1, 0.15) is 12.6 Å². The Morgan fingerprint density at radius 3 is 3.09 bits per heavy atom. The molecule has 1 aliphatic rings. The maximum absolute atomic E-state index is 11.8. The number of nitrogens with one attached hydrogen (secondary N) is 1. The molecule has 2 aromatic rings. The van der Waals surface area contributed by atoms with E-state index in [2.05, 4.69) is 15.0 Å². The molecule has 1 unspecified atom stereocenters. The van der Waals surface area contributed by atoms with Crippen molar-refractivity contribution in [3.05, 3.63) is 16.7 Å². The number of aromatic nitrogens is 4. The predicted octanol–water partition coefficient (Wildman–Crippen LogP) is -2.17. The SMILES string of the molecule is [BH3-]P(=O)(O)OC[C@H]1O[C@@H](n2cnc3c(=O)[nH]c(N)nc32)C[C@@H]1O. The Kier molecular flexibility index (Phi) is 4.02. The van der Waals surface area contributed by atoms with Gasteiger partial charge in [0.15, 0.2) is 11.2 Å². The Morgan fingerprint density at radius 1 is 1.65 bits per heavy atom. The summed E-state index contributed by atoms with van der Waals surface area (Å²) in [4.78, 5) is 31.4. The standard InChI is InChI=1S/C10H16BN5O6P/c11-23(19,20)21-2-5-4(17)1-6(22-5)16-3-13-7-8(16)14-10(12)15-9(7)18/h3-6,17H,1-2H2,11H3,(H,19,20)(H3,12,14,15,18)/q-1/t4-,5+,6+/m0/s1. The predicted molar refractivity (Wildman–Crippen MR) is 82.8 cm³/mol. The number of aromatic amines is 1. The lowest BCUT2D eigenvalue weighted by atomic mass is 10.2. The molecule has 3 rings (SSSR count). The molecule has 4 atom stereocenters. The van der Waals surface area contributed by atoms with Gasteiger partial charge in [0.1, 0.15) is 19.8 Å². The summed E-state index contributed by atoms with van der Waals surface area (Å²) in [5.41, 5.74) is 5.42. The van der Waals surface area contributed by atoms with Crippen molar-refractivity contribution in [3.8, 4) is 0 Å². The van der Waals surface area contributed by atoms with E-state index in [9.17, 15) is 19.4 Å².